The summed E-state index contributed by atoms with van der Waals surface area (Å²) in [6.07, 6.45) is 3.99. The van der Waals surface area contributed by atoms with Gasteiger partial charge in [-0.25, -0.2) is 23.4 Å². The SMILES string of the molecule is Cc1cc(Nc2cc(C)[nH]n2)nc([C@]2(F)C[C@](C)(C(=O)N[C@@H](C)c3ccc(-n4cc(F)cn4)nc3)C2)c1. The molecule has 0 unspecified atom stereocenters. The monoisotopic (exact) mass is 506 g/mol. The average Bonchev–Trinajstić information content (AvgIpc) is 3.45. The molecule has 1 fully saturated rings. The van der Waals surface area contributed by atoms with Crippen LogP contribution in [0.2, 0.25) is 0 Å². The molecule has 4 aromatic heterocycles. The van der Waals surface area contributed by atoms with E-state index in [2.05, 4.69) is 35.9 Å². The van der Waals surface area contributed by atoms with Gasteiger partial charge in [0.05, 0.1) is 29.5 Å². The Morgan fingerprint density at radius 1 is 1.16 bits per heavy atom. The third-order valence-corrected chi connectivity index (χ3v) is 6.68. The highest BCUT2D eigenvalue weighted by Crippen LogP contribution is 2.56. The fourth-order valence-electron chi connectivity index (χ4n) is 4.77. The zero-order valence-corrected chi connectivity index (χ0v) is 21.0. The highest BCUT2D eigenvalue weighted by atomic mass is 19.1. The molecule has 192 valence electrons. The molecule has 5 rings (SSSR count). The van der Waals surface area contributed by atoms with E-state index >= 15 is 4.39 Å². The number of hydrogen-bond donors (Lipinski definition) is 3. The van der Waals surface area contributed by atoms with Crippen molar-refractivity contribution in [1.29, 1.82) is 0 Å². The van der Waals surface area contributed by atoms with Crippen molar-refractivity contribution in [2.45, 2.75) is 52.2 Å². The van der Waals surface area contributed by atoms with Gasteiger partial charge in [-0.2, -0.15) is 10.2 Å². The second-order valence-corrected chi connectivity index (χ2v) is 10.1. The van der Waals surface area contributed by atoms with Gasteiger partial charge in [0.25, 0.3) is 0 Å². The molecule has 1 aliphatic rings. The molecule has 1 aliphatic carbocycles. The van der Waals surface area contributed by atoms with E-state index in [1.54, 1.807) is 31.3 Å². The van der Waals surface area contributed by atoms with Gasteiger partial charge in [0, 0.05) is 30.8 Å². The Morgan fingerprint density at radius 2 is 1.95 bits per heavy atom. The quantitative estimate of drug-likeness (QED) is 0.334. The van der Waals surface area contributed by atoms with E-state index in [9.17, 15) is 9.18 Å². The van der Waals surface area contributed by atoms with Crippen LogP contribution in [0.4, 0.5) is 20.4 Å². The molecule has 4 heterocycles. The summed E-state index contributed by atoms with van der Waals surface area (Å²) in [4.78, 5) is 21.9. The molecule has 0 saturated heterocycles. The third kappa shape index (κ3) is 4.93. The lowest BCUT2D eigenvalue weighted by atomic mass is 9.59. The van der Waals surface area contributed by atoms with Crippen molar-refractivity contribution in [1.82, 2.24) is 35.3 Å². The first-order valence-corrected chi connectivity index (χ1v) is 12.0. The van der Waals surface area contributed by atoms with E-state index in [4.69, 9.17) is 0 Å². The van der Waals surface area contributed by atoms with Crippen molar-refractivity contribution in [2.75, 3.05) is 5.32 Å². The summed E-state index contributed by atoms with van der Waals surface area (Å²) < 4.78 is 30.5. The van der Waals surface area contributed by atoms with Gasteiger partial charge in [0.2, 0.25) is 5.91 Å². The van der Waals surface area contributed by atoms with Crippen molar-refractivity contribution >= 4 is 17.5 Å². The number of nitrogens with one attached hydrogen (secondary N) is 3. The summed E-state index contributed by atoms with van der Waals surface area (Å²) in [5.74, 6) is 0.871. The fourth-order valence-corrected chi connectivity index (χ4v) is 4.77. The maximum absolute atomic E-state index is 15.9. The molecule has 1 atom stereocenters. The van der Waals surface area contributed by atoms with Crippen LogP contribution in [-0.2, 0) is 10.5 Å². The number of pyridine rings is 2. The summed E-state index contributed by atoms with van der Waals surface area (Å²) in [7, 11) is 0. The predicted octanol–water partition coefficient (Wildman–Crippen LogP) is 4.73. The van der Waals surface area contributed by atoms with Crippen molar-refractivity contribution in [2.24, 2.45) is 5.41 Å². The van der Waals surface area contributed by atoms with E-state index in [-0.39, 0.29) is 24.8 Å². The number of alkyl halides is 1. The lowest BCUT2D eigenvalue weighted by molar-refractivity contribution is -0.149. The van der Waals surface area contributed by atoms with Crippen molar-refractivity contribution in [3.63, 3.8) is 0 Å². The van der Waals surface area contributed by atoms with Gasteiger partial charge >= 0.3 is 0 Å². The number of aryl methyl sites for hydroxylation is 2. The van der Waals surface area contributed by atoms with Crippen molar-refractivity contribution < 1.29 is 13.6 Å². The summed E-state index contributed by atoms with van der Waals surface area (Å²) in [5, 5.41) is 17.0. The second-order valence-electron chi connectivity index (χ2n) is 10.1. The number of H-pyrrole nitrogens is 1. The van der Waals surface area contributed by atoms with Gasteiger partial charge in [0.1, 0.15) is 5.82 Å². The van der Waals surface area contributed by atoms with Crippen LogP contribution in [0, 0.1) is 25.1 Å². The second kappa shape index (κ2) is 9.06. The molecular formula is C26H28F2N8O. The molecule has 1 saturated carbocycles. The Labute approximate surface area is 212 Å². The molecule has 11 heteroatoms. The lowest BCUT2D eigenvalue weighted by Gasteiger charge is -2.48. The van der Waals surface area contributed by atoms with Crippen LogP contribution >= 0.6 is 0 Å². The summed E-state index contributed by atoms with van der Waals surface area (Å²) in [5.41, 5.74) is 0.242. The number of amides is 1. The highest BCUT2D eigenvalue weighted by Gasteiger charge is 2.58. The van der Waals surface area contributed by atoms with Crippen molar-refractivity contribution in [3.05, 3.63) is 77.3 Å². The van der Waals surface area contributed by atoms with E-state index in [0.29, 0.717) is 23.1 Å². The summed E-state index contributed by atoms with van der Waals surface area (Å²) >= 11 is 0. The van der Waals surface area contributed by atoms with Gasteiger partial charge in [-0.1, -0.05) is 13.0 Å². The van der Waals surface area contributed by atoms with Crippen LogP contribution in [0.5, 0.6) is 0 Å². The minimum absolute atomic E-state index is 0.0258. The number of hydrogen-bond acceptors (Lipinski definition) is 6. The number of carbonyl (C=O) groups excluding carboxylic acids is 1. The lowest BCUT2D eigenvalue weighted by Crippen LogP contribution is -2.54. The predicted molar refractivity (Wildman–Crippen MR) is 134 cm³/mol. The van der Waals surface area contributed by atoms with E-state index in [0.717, 1.165) is 23.0 Å². The first-order valence-electron chi connectivity index (χ1n) is 12.0. The third-order valence-electron chi connectivity index (χ3n) is 6.68. The molecule has 0 aromatic carbocycles. The van der Waals surface area contributed by atoms with Crippen LogP contribution in [-0.4, -0.2) is 35.9 Å². The van der Waals surface area contributed by atoms with Crippen LogP contribution in [0.1, 0.15) is 55.2 Å². The molecule has 1 amide bonds. The maximum atomic E-state index is 15.9. The number of nitrogens with zero attached hydrogens (tertiary/aromatic N) is 5. The van der Waals surface area contributed by atoms with Gasteiger partial charge in [0.15, 0.2) is 23.1 Å². The number of anilines is 2. The Hall–Kier alpha value is -4.15. The average molecular weight is 507 g/mol. The standard InChI is InChI=1S/C26H28F2N8O/c1-15-7-20(32-21(8-15)33-22-9-16(2)34-35-22)26(28)13-25(4,14-26)24(37)31-17(3)18-5-6-23(29-10-18)36-12-19(27)11-30-36/h5-12,17H,13-14H2,1-4H3,(H,31,37)(H2,32,33,34,35)/t17-,25-,26-/m0/s1. The van der Waals surface area contributed by atoms with Crippen molar-refractivity contribution in [3.8, 4) is 5.82 Å². The molecule has 3 N–H and O–H groups in total. The van der Waals surface area contributed by atoms with Crippen LogP contribution in [0.15, 0.2) is 48.9 Å². The molecule has 9 nitrogen and oxygen atoms in total. The number of halogens is 2. The fraction of sp³-hybridized carbons (Fsp3) is 0.346. The van der Waals surface area contributed by atoms with E-state index < -0.39 is 16.9 Å². The van der Waals surface area contributed by atoms with Gasteiger partial charge in [-0.05, 0) is 50.1 Å². The first-order chi connectivity index (χ1) is 17.5. The highest BCUT2D eigenvalue weighted by molar-refractivity contribution is 5.84. The van der Waals surface area contributed by atoms with E-state index in [1.807, 2.05) is 32.9 Å². The molecule has 0 bridgehead atoms. The minimum atomic E-state index is -1.71. The molecule has 0 radical (unpaired) electrons. The zero-order valence-electron chi connectivity index (χ0n) is 21.0. The molecule has 4 aromatic rings. The number of aromatic nitrogens is 6. The van der Waals surface area contributed by atoms with Gasteiger partial charge < -0.3 is 10.6 Å². The Balaban J connectivity index is 1.24. The Morgan fingerprint density at radius 3 is 2.57 bits per heavy atom. The van der Waals surface area contributed by atoms with Crippen LogP contribution in [0.25, 0.3) is 5.82 Å². The molecule has 37 heavy (non-hydrogen) atoms. The number of aromatic amines is 1. The number of carbonyl (C=O) groups is 1. The molecular weight excluding hydrogens is 478 g/mol. The summed E-state index contributed by atoms with van der Waals surface area (Å²) in [6, 6.07) is 8.52. The van der Waals surface area contributed by atoms with Gasteiger partial charge in [-0.3, -0.25) is 9.89 Å². The van der Waals surface area contributed by atoms with E-state index in [1.165, 1.54) is 10.9 Å². The normalized spacial score (nSPS) is 21.8. The van der Waals surface area contributed by atoms with Crippen LogP contribution < -0.4 is 10.6 Å². The minimum Gasteiger partial charge on any atom is -0.349 e. The molecule has 0 spiro atoms. The zero-order chi connectivity index (χ0) is 26.4. The maximum Gasteiger partial charge on any atom is 0.226 e. The van der Waals surface area contributed by atoms with Crippen LogP contribution in [0.3, 0.4) is 0 Å². The smallest absolute Gasteiger partial charge is 0.226 e. The summed E-state index contributed by atoms with van der Waals surface area (Å²) in [6.45, 7) is 7.37. The Bertz CT molecular complexity index is 1440. The molecule has 0 aliphatic heterocycles. The largest absolute Gasteiger partial charge is 0.349 e. The first kappa shape index (κ1) is 24.5. The number of rotatable bonds is 7. The van der Waals surface area contributed by atoms with Gasteiger partial charge in [-0.15, -0.1) is 0 Å². The topological polar surface area (TPSA) is 113 Å². The Kier molecular flexibility index (Phi) is 6.01.